The van der Waals surface area contributed by atoms with Crippen molar-refractivity contribution in [2.45, 2.75) is 36.9 Å². The van der Waals surface area contributed by atoms with Crippen molar-refractivity contribution < 1.29 is 9.53 Å². The number of halogens is 1. The molecular weight excluding hydrogens is 292 g/mol. The average molecular weight is 311 g/mol. The molecule has 0 radical (unpaired) electrons. The molecule has 2 rings (SSSR count). The van der Waals surface area contributed by atoms with Crippen molar-refractivity contribution in [1.82, 2.24) is 0 Å². The number of methoxy groups -OCH3 is 1. The van der Waals surface area contributed by atoms with Crippen molar-refractivity contribution in [3.63, 3.8) is 0 Å². The van der Waals surface area contributed by atoms with Gasteiger partial charge in [-0.05, 0) is 29.9 Å². The van der Waals surface area contributed by atoms with Crippen LogP contribution in [0.5, 0.6) is 0 Å². The lowest BCUT2D eigenvalue weighted by Crippen LogP contribution is -2.26. The van der Waals surface area contributed by atoms with Gasteiger partial charge in [-0.3, -0.25) is 4.79 Å². The Morgan fingerprint density at radius 2 is 2.17 bits per heavy atom. The monoisotopic (exact) mass is 310 g/mol. The van der Waals surface area contributed by atoms with Gasteiger partial charge in [0.05, 0.1) is 13.0 Å². The number of carbonyl (C=O) groups is 1. The first-order chi connectivity index (χ1) is 8.76. The summed E-state index contributed by atoms with van der Waals surface area (Å²) in [5, 5.41) is 0.858. The van der Waals surface area contributed by atoms with E-state index in [0.29, 0.717) is 5.92 Å². The highest BCUT2D eigenvalue weighted by atomic mass is 79.9. The lowest BCUT2D eigenvalue weighted by atomic mass is 9.75. The molecule has 0 aliphatic heterocycles. The molecule has 1 fully saturated rings. The van der Waals surface area contributed by atoms with Crippen molar-refractivity contribution in [2.75, 3.05) is 7.11 Å². The van der Waals surface area contributed by atoms with Gasteiger partial charge in [0, 0.05) is 5.33 Å². The fraction of sp³-hybridized carbons (Fsp3) is 0.533. The molecule has 1 aliphatic carbocycles. The second-order valence-corrected chi connectivity index (χ2v) is 5.46. The number of benzene rings is 1. The summed E-state index contributed by atoms with van der Waals surface area (Å²) in [6.45, 7) is 0. The Hall–Kier alpha value is -0.830. The summed E-state index contributed by atoms with van der Waals surface area (Å²) in [5.74, 6) is 0.309. The van der Waals surface area contributed by atoms with Gasteiger partial charge in [-0.25, -0.2) is 0 Å². The van der Waals surface area contributed by atoms with Crippen LogP contribution in [0.15, 0.2) is 24.3 Å². The van der Waals surface area contributed by atoms with Gasteiger partial charge in [0.15, 0.2) is 0 Å². The Morgan fingerprint density at radius 1 is 1.39 bits per heavy atom. The van der Waals surface area contributed by atoms with Gasteiger partial charge in [0.2, 0.25) is 0 Å². The average Bonchev–Trinajstić information content (AvgIpc) is 2.46. The number of hydrogen-bond donors (Lipinski definition) is 0. The van der Waals surface area contributed by atoms with Crippen LogP contribution in [0.2, 0.25) is 0 Å². The molecule has 0 saturated heterocycles. The Bertz CT molecular complexity index is 417. The lowest BCUT2D eigenvalue weighted by Gasteiger charge is -2.30. The second kappa shape index (κ2) is 6.37. The van der Waals surface area contributed by atoms with Gasteiger partial charge >= 0.3 is 5.97 Å². The van der Waals surface area contributed by atoms with E-state index in [4.69, 9.17) is 4.74 Å². The number of carbonyl (C=O) groups excluding carboxylic acids is 1. The van der Waals surface area contributed by atoms with Crippen LogP contribution in [0.3, 0.4) is 0 Å². The van der Waals surface area contributed by atoms with Crippen LogP contribution in [0, 0.1) is 5.92 Å². The summed E-state index contributed by atoms with van der Waals surface area (Å²) in [6.07, 6.45) is 4.38. The molecule has 3 heteroatoms. The van der Waals surface area contributed by atoms with Crippen molar-refractivity contribution in [3.8, 4) is 0 Å². The second-order valence-electron chi connectivity index (χ2n) is 4.90. The van der Waals surface area contributed by atoms with Gasteiger partial charge in [0.1, 0.15) is 0 Å². The minimum Gasteiger partial charge on any atom is -0.469 e. The molecule has 0 bridgehead atoms. The summed E-state index contributed by atoms with van der Waals surface area (Å²) < 4.78 is 4.95. The van der Waals surface area contributed by atoms with Gasteiger partial charge in [0.25, 0.3) is 0 Å². The minimum absolute atomic E-state index is 0.0364. The van der Waals surface area contributed by atoms with Crippen LogP contribution in [-0.4, -0.2) is 13.1 Å². The lowest BCUT2D eigenvalue weighted by molar-refractivity contribution is -0.147. The van der Waals surface area contributed by atoms with Crippen LogP contribution < -0.4 is 0 Å². The normalized spacial score (nSPS) is 23.7. The fourth-order valence-corrected chi connectivity index (χ4v) is 3.22. The first kappa shape index (κ1) is 13.6. The molecule has 2 atom stereocenters. The van der Waals surface area contributed by atoms with Gasteiger partial charge < -0.3 is 4.74 Å². The minimum atomic E-state index is -0.0519. The molecular formula is C15H19BrO2. The van der Waals surface area contributed by atoms with E-state index in [9.17, 15) is 4.79 Å². The predicted molar refractivity (Wildman–Crippen MR) is 75.8 cm³/mol. The van der Waals surface area contributed by atoms with E-state index in [0.717, 1.165) is 24.6 Å². The van der Waals surface area contributed by atoms with Crippen LogP contribution in [0.4, 0.5) is 0 Å². The first-order valence-corrected chi connectivity index (χ1v) is 7.61. The molecule has 1 aromatic carbocycles. The highest BCUT2D eigenvalue weighted by Crippen LogP contribution is 2.38. The highest BCUT2D eigenvalue weighted by Gasteiger charge is 2.32. The summed E-state index contributed by atoms with van der Waals surface area (Å²) >= 11 is 3.48. The Balaban J connectivity index is 2.24. The van der Waals surface area contributed by atoms with Crippen molar-refractivity contribution >= 4 is 21.9 Å². The van der Waals surface area contributed by atoms with Crippen molar-refractivity contribution in [1.29, 1.82) is 0 Å². The Morgan fingerprint density at radius 3 is 2.89 bits per heavy atom. The zero-order valence-corrected chi connectivity index (χ0v) is 12.3. The summed E-state index contributed by atoms with van der Waals surface area (Å²) in [5.41, 5.74) is 2.55. The van der Waals surface area contributed by atoms with Gasteiger partial charge in [-0.15, -0.1) is 0 Å². The molecule has 0 unspecified atom stereocenters. The Labute approximate surface area is 117 Å². The molecule has 98 valence electrons. The quantitative estimate of drug-likeness (QED) is 0.622. The van der Waals surface area contributed by atoms with E-state index in [1.54, 1.807) is 0 Å². The molecule has 0 N–H and O–H groups in total. The molecule has 2 nitrogen and oxygen atoms in total. The highest BCUT2D eigenvalue weighted by molar-refractivity contribution is 9.08. The maximum Gasteiger partial charge on any atom is 0.309 e. The predicted octanol–water partition coefficient (Wildman–Crippen LogP) is 4.03. The smallest absolute Gasteiger partial charge is 0.309 e. The molecule has 1 aliphatic rings. The molecule has 1 saturated carbocycles. The first-order valence-electron chi connectivity index (χ1n) is 6.49. The van der Waals surface area contributed by atoms with Crippen LogP contribution >= 0.6 is 15.9 Å². The number of hydrogen-bond acceptors (Lipinski definition) is 2. The van der Waals surface area contributed by atoms with E-state index in [-0.39, 0.29) is 11.9 Å². The SMILES string of the molecule is COC(=O)[C@H]1CCCC[C@@H]1c1cccc(CBr)c1. The summed E-state index contributed by atoms with van der Waals surface area (Å²) in [7, 11) is 1.49. The molecule has 18 heavy (non-hydrogen) atoms. The largest absolute Gasteiger partial charge is 0.469 e. The number of ether oxygens (including phenoxy) is 1. The van der Waals surface area contributed by atoms with Crippen LogP contribution in [-0.2, 0) is 14.9 Å². The van der Waals surface area contributed by atoms with Crippen LogP contribution in [0.25, 0.3) is 0 Å². The van der Waals surface area contributed by atoms with Gasteiger partial charge in [-0.2, -0.15) is 0 Å². The van der Waals surface area contributed by atoms with Crippen LogP contribution in [0.1, 0.15) is 42.7 Å². The maximum absolute atomic E-state index is 11.9. The van der Waals surface area contributed by atoms with E-state index in [2.05, 4.69) is 40.2 Å². The molecule has 0 spiro atoms. The fourth-order valence-electron chi connectivity index (χ4n) is 2.87. The maximum atomic E-state index is 11.9. The number of rotatable bonds is 3. The summed E-state index contributed by atoms with van der Waals surface area (Å²) in [6, 6.07) is 8.53. The van der Waals surface area contributed by atoms with Crippen molar-refractivity contribution in [3.05, 3.63) is 35.4 Å². The molecule has 0 aromatic heterocycles. The molecule has 0 amide bonds. The third kappa shape index (κ3) is 2.94. The van der Waals surface area contributed by atoms with E-state index in [1.165, 1.54) is 24.7 Å². The van der Waals surface area contributed by atoms with E-state index in [1.807, 2.05) is 0 Å². The summed E-state index contributed by atoms with van der Waals surface area (Å²) in [4.78, 5) is 11.9. The topological polar surface area (TPSA) is 26.3 Å². The van der Waals surface area contributed by atoms with Crippen molar-refractivity contribution in [2.24, 2.45) is 5.92 Å². The zero-order chi connectivity index (χ0) is 13.0. The van der Waals surface area contributed by atoms with Gasteiger partial charge in [-0.1, -0.05) is 53.0 Å². The standard InChI is InChI=1S/C15H19BrO2/c1-18-15(17)14-8-3-2-7-13(14)12-6-4-5-11(9-12)10-16/h4-6,9,13-14H,2-3,7-8,10H2,1H3/t13-,14+/m1/s1. The number of esters is 1. The molecule has 1 aromatic rings. The third-order valence-electron chi connectivity index (χ3n) is 3.80. The van der Waals surface area contributed by atoms with E-state index < -0.39 is 0 Å². The third-order valence-corrected chi connectivity index (χ3v) is 4.45. The van der Waals surface area contributed by atoms with E-state index >= 15 is 0 Å². The number of alkyl halides is 1. The zero-order valence-electron chi connectivity index (χ0n) is 10.7. The Kier molecular flexibility index (Phi) is 4.81. The molecule has 0 heterocycles.